The number of halogens is 1. The first-order valence-electron chi connectivity index (χ1n) is 3.99. The van der Waals surface area contributed by atoms with Crippen LogP contribution in [0.2, 0.25) is 0 Å². The molecule has 1 rings (SSSR count). The maximum absolute atomic E-state index is 10.9. The molecule has 1 N–H and O–H groups in total. The van der Waals surface area contributed by atoms with E-state index in [9.17, 15) is 8.42 Å². The Kier molecular flexibility index (Phi) is 5.13. The lowest BCUT2D eigenvalue weighted by Gasteiger charge is -2.22. The highest BCUT2D eigenvalue weighted by Crippen LogP contribution is 2.08. The Morgan fingerprint density at radius 2 is 2.08 bits per heavy atom. The Morgan fingerprint density at radius 1 is 1.42 bits per heavy atom. The topological polar surface area (TPSA) is 46.2 Å². The third kappa shape index (κ3) is 4.95. The smallest absolute Gasteiger partial charge is 0.148 e. The van der Waals surface area contributed by atoms with Crippen LogP contribution in [0.1, 0.15) is 19.3 Å². The highest BCUT2D eigenvalue weighted by atomic mass is 35.5. The van der Waals surface area contributed by atoms with Gasteiger partial charge in [0.1, 0.15) is 9.84 Å². The summed E-state index contributed by atoms with van der Waals surface area (Å²) in [5.74, 6) is 0.299. The molecule has 0 radical (unpaired) electrons. The van der Waals surface area contributed by atoms with Crippen LogP contribution in [0.3, 0.4) is 0 Å². The van der Waals surface area contributed by atoms with Crippen LogP contribution in [0.25, 0.3) is 0 Å². The van der Waals surface area contributed by atoms with Crippen molar-refractivity contribution in [1.82, 2.24) is 5.32 Å². The second-order valence-corrected chi connectivity index (χ2v) is 5.42. The predicted molar refractivity (Wildman–Crippen MR) is 52.6 cm³/mol. The molecule has 5 heteroatoms. The second kappa shape index (κ2) is 5.04. The summed E-state index contributed by atoms with van der Waals surface area (Å²) in [5, 5.41) is 3.20. The molecular weight excluding hydrogens is 198 g/mol. The molecule has 0 amide bonds. The van der Waals surface area contributed by atoms with Gasteiger partial charge in [-0.15, -0.1) is 12.4 Å². The molecular formula is C7H16ClNO2S. The fourth-order valence-corrected chi connectivity index (χ4v) is 2.45. The van der Waals surface area contributed by atoms with E-state index in [1.165, 1.54) is 12.7 Å². The molecule has 1 fully saturated rings. The maximum Gasteiger partial charge on any atom is 0.148 e. The van der Waals surface area contributed by atoms with Crippen LogP contribution < -0.4 is 5.32 Å². The van der Waals surface area contributed by atoms with Crippen LogP contribution in [-0.2, 0) is 9.84 Å². The molecule has 0 aromatic heterocycles. The van der Waals surface area contributed by atoms with E-state index in [1.54, 1.807) is 0 Å². The Balaban J connectivity index is 0.00000121. The van der Waals surface area contributed by atoms with Gasteiger partial charge in [-0.25, -0.2) is 8.42 Å². The first-order chi connectivity index (χ1) is 5.08. The van der Waals surface area contributed by atoms with Crippen LogP contribution >= 0.6 is 12.4 Å². The molecule has 12 heavy (non-hydrogen) atoms. The van der Waals surface area contributed by atoms with Gasteiger partial charge in [0.05, 0.1) is 5.75 Å². The fourth-order valence-electron chi connectivity index (χ4n) is 1.43. The van der Waals surface area contributed by atoms with Crippen molar-refractivity contribution in [2.24, 2.45) is 0 Å². The minimum atomic E-state index is -2.79. The van der Waals surface area contributed by atoms with Gasteiger partial charge in [-0.1, -0.05) is 6.42 Å². The minimum Gasteiger partial charge on any atom is -0.313 e. The van der Waals surface area contributed by atoms with Crippen molar-refractivity contribution >= 4 is 22.2 Å². The molecule has 1 atom stereocenters. The van der Waals surface area contributed by atoms with Gasteiger partial charge in [-0.2, -0.15) is 0 Å². The zero-order chi connectivity index (χ0) is 8.32. The summed E-state index contributed by atoms with van der Waals surface area (Å²) in [6.45, 7) is 0.972. The summed E-state index contributed by atoms with van der Waals surface area (Å²) in [7, 11) is -2.79. The Hall–Kier alpha value is 0.200. The molecule has 0 aromatic rings. The number of nitrogens with one attached hydrogen (secondary N) is 1. The molecule has 1 unspecified atom stereocenters. The van der Waals surface area contributed by atoms with Gasteiger partial charge < -0.3 is 5.32 Å². The maximum atomic E-state index is 10.9. The number of piperidine rings is 1. The van der Waals surface area contributed by atoms with Gasteiger partial charge in [0.15, 0.2) is 0 Å². The van der Waals surface area contributed by atoms with E-state index >= 15 is 0 Å². The molecule has 0 aromatic carbocycles. The van der Waals surface area contributed by atoms with Crippen molar-refractivity contribution in [2.75, 3.05) is 18.6 Å². The van der Waals surface area contributed by atoms with E-state index in [0.29, 0.717) is 5.75 Å². The van der Waals surface area contributed by atoms with Crippen LogP contribution in [0, 0.1) is 0 Å². The van der Waals surface area contributed by atoms with Crippen molar-refractivity contribution < 1.29 is 8.42 Å². The van der Waals surface area contributed by atoms with Crippen LogP contribution in [0.5, 0.6) is 0 Å². The summed E-state index contributed by atoms with van der Waals surface area (Å²) < 4.78 is 21.7. The fraction of sp³-hybridized carbons (Fsp3) is 1.00. The summed E-state index contributed by atoms with van der Waals surface area (Å²) in [6.07, 6.45) is 4.64. The number of hydrogen-bond acceptors (Lipinski definition) is 3. The second-order valence-electron chi connectivity index (χ2n) is 3.24. The number of hydrogen-bond donors (Lipinski definition) is 1. The predicted octanol–water partition coefficient (Wildman–Crippen LogP) is 0.595. The van der Waals surface area contributed by atoms with Crippen molar-refractivity contribution in [1.29, 1.82) is 0 Å². The van der Waals surface area contributed by atoms with Gasteiger partial charge in [0.2, 0.25) is 0 Å². The van der Waals surface area contributed by atoms with E-state index in [4.69, 9.17) is 0 Å². The molecule has 0 aliphatic carbocycles. The van der Waals surface area contributed by atoms with Crippen molar-refractivity contribution in [3.8, 4) is 0 Å². The average molecular weight is 214 g/mol. The molecule has 1 heterocycles. The molecule has 1 aliphatic rings. The highest BCUT2D eigenvalue weighted by molar-refractivity contribution is 7.90. The largest absolute Gasteiger partial charge is 0.313 e. The quantitative estimate of drug-likeness (QED) is 0.731. The Morgan fingerprint density at radius 3 is 2.50 bits per heavy atom. The van der Waals surface area contributed by atoms with Gasteiger partial charge in [-0.05, 0) is 19.4 Å². The molecule has 74 valence electrons. The van der Waals surface area contributed by atoms with E-state index in [0.717, 1.165) is 19.4 Å². The van der Waals surface area contributed by atoms with E-state index in [2.05, 4.69) is 5.32 Å². The van der Waals surface area contributed by atoms with E-state index < -0.39 is 9.84 Å². The lowest BCUT2D eigenvalue weighted by atomic mass is 10.1. The zero-order valence-electron chi connectivity index (χ0n) is 7.25. The van der Waals surface area contributed by atoms with Crippen molar-refractivity contribution in [3.63, 3.8) is 0 Å². The van der Waals surface area contributed by atoms with Gasteiger partial charge >= 0.3 is 0 Å². The normalized spacial score (nSPS) is 24.6. The van der Waals surface area contributed by atoms with Crippen LogP contribution in [0.4, 0.5) is 0 Å². The SMILES string of the molecule is CS(=O)(=O)CC1CCCCN1.Cl. The molecule has 1 aliphatic heterocycles. The lowest BCUT2D eigenvalue weighted by molar-refractivity contribution is 0.424. The zero-order valence-corrected chi connectivity index (χ0v) is 8.88. The summed E-state index contributed by atoms with van der Waals surface area (Å²) in [5.41, 5.74) is 0. The Labute approximate surface area is 80.3 Å². The Bertz CT molecular complexity index is 209. The van der Waals surface area contributed by atoms with Crippen molar-refractivity contribution in [2.45, 2.75) is 25.3 Å². The minimum absolute atomic E-state index is 0. The van der Waals surface area contributed by atoms with E-state index in [-0.39, 0.29) is 18.4 Å². The monoisotopic (exact) mass is 213 g/mol. The first-order valence-corrected chi connectivity index (χ1v) is 6.05. The van der Waals surface area contributed by atoms with Crippen molar-refractivity contribution in [3.05, 3.63) is 0 Å². The molecule has 0 saturated carbocycles. The van der Waals surface area contributed by atoms with Gasteiger partial charge in [-0.3, -0.25) is 0 Å². The average Bonchev–Trinajstić information content (AvgIpc) is 1.85. The first kappa shape index (κ1) is 12.2. The van der Waals surface area contributed by atoms with Crippen LogP contribution in [-0.4, -0.2) is 33.0 Å². The van der Waals surface area contributed by atoms with Gasteiger partial charge in [0.25, 0.3) is 0 Å². The third-order valence-electron chi connectivity index (χ3n) is 1.92. The number of rotatable bonds is 2. The summed E-state index contributed by atoms with van der Waals surface area (Å²) >= 11 is 0. The highest BCUT2D eigenvalue weighted by Gasteiger charge is 2.16. The number of sulfone groups is 1. The molecule has 0 bridgehead atoms. The summed E-state index contributed by atoms with van der Waals surface area (Å²) in [6, 6.07) is 0.207. The van der Waals surface area contributed by atoms with Crippen LogP contribution in [0.15, 0.2) is 0 Å². The lowest BCUT2D eigenvalue weighted by Crippen LogP contribution is -2.38. The molecule has 0 spiro atoms. The van der Waals surface area contributed by atoms with Gasteiger partial charge in [0, 0.05) is 12.3 Å². The molecule has 3 nitrogen and oxygen atoms in total. The third-order valence-corrected chi connectivity index (χ3v) is 2.92. The molecule has 1 saturated heterocycles. The van der Waals surface area contributed by atoms with E-state index in [1.807, 2.05) is 0 Å². The standard InChI is InChI=1S/C7H15NO2S.ClH/c1-11(9,10)6-7-4-2-3-5-8-7;/h7-8H,2-6H2,1H3;1H. The summed E-state index contributed by atoms with van der Waals surface area (Å²) in [4.78, 5) is 0.